The van der Waals surface area contributed by atoms with Crippen LogP contribution in [0.15, 0.2) is 47.6 Å². The van der Waals surface area contributed by atoms with E-state index >= 15 is 0 Å². The number of hydrazone groups is 1. The van der Waals surface area contributed by atoms with Crippen LogP contribution in [0.2, 0.25) is 0 Å². The fourth-order valence-electron chi connectivity index (χ4n) is 2.04. The normalized spacial score (nSPS) is 10.5. The molecule has 3 N–H and O–H groups in total. The van der Waals surface area contributed by atoms with Crippen molar-refractivity contribution in [2.45, 2.75) is 6.42 Å². The lowest BCUT2D eigenvalue weighted by molar-refractivity contribution is -0.120. The van der Waals surface area contributed by atoms with Crippen LogP contribution in [-0.2, 0) is 4.79 Å². The Morgan fingerprint density at radius 2 is 2.04 bits per heavy atom. The molecule has 0 spiro atoms. The minimum Gasteiger partial charge on any atom is -0.504 e. The average Bonchev–Trinajstić information content (AvgIpc) is 2.63. The maximum absolute atomic E-state index is 13.4. The zero-order valence-electron chi connectivity index (χ0n) is 14.0. The number of nitrogens with one attached hydrogen (secondary N) is 2. The lowest BCUT2D eigenvalue weighted by Crippen LogP contribution is -2.29. The standard InChI is InChI=1S/C18H18FN3O4/c1-26-16-10-12(6-7-15(16)23)11-21-22-17(24)8-9-20-18(25)13-4-2-3-5-14(13)19/h2-7,10-11,23H,8-9H2,1H3,(H,20,25)(H,22,24). The van der Waals surface area contributed by atoms with Gasteiger partial charge in [0, 0.05) is 13.0 Å². The molecule has 0 unspecified atom stereocenters. The highest BCUT2D eigenvalue weighted by molar-refractivity contribution is 5.94. The lowest BCUT2D eigenvalue weighted by Gasteiger charge is -2.05. The number of aromatic hydroxyl groups is 1. The number of phenolic OH excluding ortho intramolecular Hbond substituents is 1. The van der Waals surface area contributed by atoms with Crippen molar-refractivity contribution in [1.82, 2.24) is 10.7 Å². The van der Waals surface area contributed by atoms with Gasteiger partial charge in [0.25, 0.3) is 5.91 Å². The Hall–Kier alpha value is -3.42. The van der Waals surface area contributed by atoms with Crippen molar-refractivity contribution < 1.29 is 23.8 Å². The van der Waals surface area contributed by atoms with Gasteiger partial charge in [-0.25, -0.2) is 9.82 Å². The van der Waals surface area contributed by atoms with Crippen molar-refractivity contribution in [2.75, 3.05) is 13.7 Å². The van der Waals surface area contributed by atoms with Crippen LogP contribution >= 0.6 is 0 Å². The molecule has 0 bridgehead atoms. The molecule has 2 rings (SSSR count). The number of carbonyl (C=O) groups excluding carboxylic acids is 2. The summed E-state index contributed by atoms with van der Waals surface area (Å²) in [5, 5.41) is 15.7. The lowest BCUT2D eigenvalue weighted by atomic mass is 10.2. The Balaban J connectivity index is 1.77. The van der Waals surface area contributed by atoms with Crippen LogP contribution in [0.25, 0.3) is 0 Å². The first-order valence-corrected chi connectivity index (χ1v) is 7.73. The van der Waals surface area contributed by atoms with Crippen molar-refractivity contribution >= 4 is 18.0 Å². The summed E-state index contributed by atoms with van der Waals surface area (Å²) in [5.74, 6) is -1.34. The van der Waals surface area contributed by atoms with E-state index in [9.17, 15) is 19.1 Å². The van der Waals surface area contributed by atoms with Crippen LogP contribution in [0.3, 0.4) is 0 Å². The molecule has 7 nitrogen and oxygen atoms in total. The van der Waals surface area contributed by atoms with Crippen molar-refractivity contribution in [2.24, 2.45) is 5.10 Å². The van der Waals surface area contributed by atoms with Crippen molar-refractivity contribution in [1.29, 1.82) is 0 Å². The summed E-state index contributed by atoms with van der Waals surface area (Å²) in [5.41, 5.74) is 2.85. The van der Waals surface area contributed by atoms with Crippen LogP contribution in [-0.4, -0.2) is 36.8 Å². The average molecular weight is 359 g/mol. The fourth-order valence-corrected chi connectivity index (χ4v) is 2.04. The molecule has 0 saturated heterocycles. The van der Waals surface area contributed by atoms with Gasteiger partial charge in [-0.3, -0.25) is 9.59 Å². The first-order chi connectivity index (χ1) is 12.5. The van der Waals surface area contributed by atoms with Gasteiger partial charge < -0.3 is 15.2 Å². The summed E-state index contributed by atoms with van der Waals surface area (Å²) >= 11 is 0. The zero-order valence-corrected chi connectivity index (χ0v) is 14.0. The largest absolute Gasteiger partial charge is 0.504 e. The number of carbonyl (C=O) groups is 2. The molecule has 0 heterocycles. The molecule has 2 aromatic rings. The SMILES string of the molecule is COc1cc(C=NNC(=O)CCNC(=O)c2ccccc2F)ccc1O. The third-order valence-electron chi connectivity index (χ3n) is 3.36. The van der Waals surface area contributed by atoms with Gasteiger partial charge in [0.2, 0.25) is 5.91 Å². The van der Waals surface area contributed by atoms with E-state index in [0.717, 1.165) is 0 Å². The van der Waals surface area contributed by atoms with Crippen LogP contribution in [0.5, 0.6) is 11.5 Å². The van der Waals surface area contributed by atoms with E-state index in [0.29, 0.717) is 5.56 Å². The molecular weight excluding hydrogens is 341 g/mol. The third-order valence-corrected chi connectivity index (χ3v) is 3.36. The molecule has 136 valence electrons. The molecule has 0 saturated carbocycles. The van der Waals surface area contributed by atoms with Crippen molar-refractivity contribution in [3.63, 3.8) is 0 Å². The second kappa shape index (κ2) is 9.16. The zero-order chi connectivity index (χ0) is 18.9. The highest BCUT2D eigenvalue weighted by atomic mass is 19.1. The Morgan fingerprint density at radius 3 is 2.77 bits per heavy atom. The van der Waals surface area contributed by atoms with E-state index in [4.69, 9.17) is 4.74 Å². The maximum atomic E-state index is 13.4. The molecule has 0 radical (unpaired) electrons. The van der Waals surface area contributed by atoms with Gasteiger partial charge in [-0.1, -0.05) is 12.1 Å². The minimum atomic E-state index is -0.622. The number of methoxy groups -OCH3 is 1. The smallest absolute Gasteiger partial charge is 0.254 e. The minimum absolute atomic E-state index is 0.000667. The quantitative estimate of drug-likeness (QED) is 0.518. The first-order valence-electron chi connectivity index (χ1n) is 7.73. The number of ether oxygens (including phenoxy) is 1. The van der Waals surface area contributed by atoms with Gasteiger partial charge in [0.05, 0.1) is 18.9 Å². The molecule has 8 heteroatoms. The van der Waals surface area contributed by atoms with E-state index in [1.807, 2.05) is 0 Å². The number of benzene rings is 2. The van der Waals surface area contributed by atoms with Gasteiger partial charge in [-0.2, -0.15) is 5.10 Å². The van der Waals surface area contributed by atoms with Crippen LogP contribution in [0.4, 0.5) is 4.39 Å². The van der Waals surface area contributed by atoms with Crippen LogP contribution in [0.1, 0.15) is 22.3 Å². The van der Waals surface area contributed by atoms with E-state index in [2.05, 4.69) is 15.8 Å². The molecular formula is C18H18FN3O4. The highest BCUT2D eigenvalue weighted by Crippen LogP contribution is 2.25. The summed E-state index contributed by atoms with van der Waals surface area (Å²) in [6, 6.07) is 10.2. The van der Waals surface area contributed by atoms with Gasteiger partial charge in [-0.05, 0) is 35.9 Å². The summed E-state index contributed by atoms with van der Waals surface area (Å²) in [7, 11) is 1.42. The van der Waals surface area contributed by atoms with Gasteiger partial charge in [-0.15, -0.1) is 0 Å². The van der Waals surface area contributed by atoms with E-state index in [1.165, 1.54) is 37.6 Å². The Labute approximate surface area is 149 Å². The fraction of sp³-hybridized carbons (Fsp3) is 0.167. The molecule has 0 aliphatic carbocycles. The van der Waals surface area contributed by atoms with Crippen molar-refractivity contribution in [3.8, 4) is 11.5 Å². The number of amides is 2. The second-order valence-corrected chi connectivity index (χ2v) is 5.21. The number of halogens is 1. The molecule has 0 aliphatic rings. The summed E-state index contributed by atoms with van der Waals surface area (Å²) in [6.45, 7) is 0.0432. The Morgan fingerprint density at radius 1 is 1.27 bits per heavy atom. The second-order valence-electron chi connectivity index (χ2n) is 5.21. The Kier molecular flexibility index (Phi) is 6.67. The summed E-state index contributed by atoms with van der Waals surface area (Å²) < 4.78 is 18.4. The molecule has 0 aliphatic heterocycles. The highest BCUT2D eigenvalue weighted by Gasteiger charge is 2.10. The van der Waals surface area contributed by atoms with Gasteiger partial charge in [0.15, 0.2) is 11.5 Å². The van der Waals surface area contributed by atoms with Crippen molar-refractivity contribution in [3.05, 3.63) is 59.4 Å². The number of hydrogen-bond acceptors (Lipinski definition) is 5. The molecule has 0 aromatic heterocycles. The number of nitrogens with zero attached hydrogens (tertiary/aromatic N) is 1. The summed E-state index contributed by atoms with van der Waals surface area (Å²) in [6.07, 6.45) is 1.37. The summed E-state index contributed by atoms with van der Waals surface area (Å²) in [4.78, 5) is 23.5. The maximum Gasteiger partial charge on any atom is 0.254 e. The number of hydrogen-bond donors (Lipinski definition) is 3. The molecule has 2 aromatic carbocycles. The third kappa shape index (κ3) is 5.30. The first kappa shape index (κ1) is 18.9. The Bertz CT molecular complexity index is 824. The van der Waals surface area contributed by atoms with Crippen LogP contribution in [0, 0.1) is 5.82 Å². The number of rotatable bonds is 7. The monoisotopic (exact) mass is 359 g/mol. The van der Waals surface area contributed by atoms with Gasteiger partial charge in [0.1, 0.15) is 5.82 Å². The van der Waals surface area contributed by atoms with E-state index < -0.39 is 17.6 Å². The topological polar surface area (TPSA) is 100 Å². The van der Waals surface area contributed by atoms with E-state index in [1.54, 1.807) is 18.2 Å². The predicted molar refractivity (Wildman–Crippen MR) is 93.7 cm³/mol. The molecule has 2 amide bonds. The molecule has 26 heavy (non-hydrogen) atoms. The predicted octanol–water partition coefficient (Wildman–Crippen LogP) is 1.81. The van der Waals surface area contributed by atoms with Gasteiger partial charge >= 0.3 is 0 Å². The van der Waals surface area contributed by atoms with Crippen LogP contribution < -0.4 is 15.5 Å². The molecule has 0 fully saturated rings. The number of phenols is 1. The van der Waals surface area contributed by atoms with E-state index in [-0.39, 0.29) is 30.0 Å². The molecule has 0 atom stereocenters.